The second kappa shape index (κ2) is 7.36. The molecule has 1 atom stereocenters. The molecule has 3 aromatic rings. The van der Waals surface area contributed by atoms with Crippen molar-refractivity contribution in [2.24, 2.45) is 0 Å². The molecule has 1 aliphatic heterocycles. The van der Waals surface area contributed by atoms with Gasteiger partial charge in [0.2, 0.25) is 0 Å². The molecule has 1 saturated heterocycles. The first-order valence-electron chi connectivity index (χ1n) is 8.86. The summed E-state index contributed by atoms with van der Waals surface area (Å²) in [4.78, 5) is 28.0. The van der Waals surface area contributed by atoms with Gasteiger partial charge in [-0.05, 0) is 37.3 Å². The number of fused-ring (bicyclic) bond motifs is 1. The van der Waals surface area contributed by atoms with E-state index in [2.05, 4.69) is 10.3 Å². The van der Waals surface area contributed by atoms with Crippen LogP contribution in [-0.2, 0) is 4.74 Å². The van der Waals surface area contributed by atoms with Gasteiger partial charge >= 0.3 is 6.09 Å². The Kier molecular flexibility index (Phi) is 4.87. The molecule has 1 aromatic heterocycles. The first kappa shape index (κ1) is 19.2. The van der Waals surface area contributed by atoms with Crippen molar-refractivity contribution >= 4 is 40.0 Å². The fraction of sp³-hybridized carbons (Fsp3) is 0.200. The topological polar surface area (TPSA) is 74.4 Å². The van der Waals surface area contributed by atoms with Gasteiger partial charge in [0, 0.05) is 10.9 Å². The Morgan fingerprint density at radius 3 is 2.76 bits per heavy atom. The third-order valence-corrected chi connectivity index (χ3v) is 5.07. The summed E-state index contributed by atoms with van der Waals surface area (Å²) in [6, 6.07) is 8.16. The molecule has 1 amide bonds. The number of nitrogens with zero attached hydrogens (tertiary/aromatic N) is 1. The van der Waals surface area contributed by atoms with Crippen molar-refractivity contribution in [1.82, 2.24) is 4.98 Å². The molecule has 0 saturated carbocycles. The first-order valence-corrected chi connectivity index (χ1v) is 9.24. The molecule has 0 spiro atoms. The minimum atomic E-state index is -0.631. The zero-order valence-electron chi connectivity index (χ0n) is 15.3. The van der Waals surface area contributed by atoms with Gasteiger partial charge in [0.1, 0.15) is 12.4 Å². The second-order valence-corrected chi connectivity index (χ2v) is 7.09. The minimum absolute atomic E-state index is 0.0626. The number of aromatic amines is 1. The van der Waals surface area contributed by atoms with Crippen LogP contribution in [0.5, 0.6) is 0 Å². The van der Waals surface area contributed by atoms with Crippen molar-refractivity contribution in [2.75, 3.05) is 23.4 Å². The maximum atomic E-state index is 15.0. The lowest BCUT2D eigenvalue weighted by atomic mass is 10.1. The van der Waals surface area contributed by atoms with Gasteiger partial charge in [-0.25, -0.2) is 13.6 Å². The van der Waals surface area contributed by atoms with E-state index < -0.39 is 29.3 Å². The molecule has 1 unspecified atom stereocenters. The Morgan fingerprint density at radius 2 is 2.03 bits per heavy atom. The van der Waals surface area contributed by atoms with E-state index in [1.165, 1.54) is 23.1 Å². The van der Waals surface area contributed by atoms with E-state index in [1.54, 1.807) is 19.1 Å². The molecule has 9 heteroatoms. The van der Waals surface area contributed by atoms with E-state index in [1.807, 2.05) is 0 Å². The van der Waals surface area contributed by atoms with E-state index in [0.29, 0.717) is 16.5 Å². The molecule has 150 valence electrons. The van der Waals surface area contributed by atoms with Crippen LogP contribution >= 0.6 is 11.6 Å². The van der Waals surface area contributed by atoms with Crippen LogP contribution in [0.3, 0.4) is 0 Å². The van der Waals surface area contributed by atoms with Gasteiger partial charge in [0.05, 0.1) is 34.5 Å². The summed E-state index contributed by atoms with van der Waals surface area (Å²) in [5.41, 5.74) is 0.434. The van der Waals surface area contributed by atoms with Crippen molar-refractivity contribution in [2.45, 2.75) is 13.0 Å². The summed E-state index contributed by atoms with van der Waals surface area (Å²) >= 11 is 5.83. The summed E-state index contributed by atoms with van der Waals surface area (Å²) in [7, 11) is 0. The van der Waals surface area contributed by atoms with Crippen LogP contribution in [0.25, 0.3) is 10.9 Å². The van der Waals surface area contributed by atoms with Crippen LogP contribution in [0.1, 0.15) is 18.5 Å². The second-order valence-electron chi connectivity index (χ2n) is 6.68. The predicted molar refractivity (Wildman–Crippen MR) is 107 cm³/mol. The number of halogens is 3. The quantitative estimate of drug-likeness (QED) is 0.648. The molecule has 2 aromatic carbocycles. The number of benzene rings is 2. The maximum Gasteiger partial charge on any atom is 0.414 e. The van der Waals surface area contributed by atoms with Crippen molar-refractivity contribution in [3.8, 4) is 0 Å². The zero-order valence-corrected chi connectivity index (χ0v) is 16.0. The first-order chi connectivity index (χ1) is 13.8. The van der Waals surface area contributed by atoms with Gasteiger partial charge in [-0.15, -0.1) is 0 Å². The molecule has 0 bridgehead atoms. The van der Waals surface area contributed by atoms with E-state index in [9.17, 15) is 18.4 Å². The van der Waals surface area contributed by atoms with Gasteiger partial charge in [-0.3, -0.25) is 9.69 Å². The molecule has 1 fully saturated rings. The number of ether oxygens (including phenoxy) is 1. The molecule has 6 nitrogen and oxygen atoms in total. The Labute approximate surface area is 169 Å². The van der Waals surface area contributed by atoms with Crippen molar-refractivity contribution < 1.29 is 18.3 Å². The lowest BCUT2D eigenvalue weighted by Crippen LogP contribution is -2.25. The van der Waals surface area contributed by atoms with Crippen molar-refractivity contribution in [3.05, 3.63) is 69.0 Å². The number of amides is 1. The number of rotatable bonds is 4. The highest BCUT2D eigenvalue weighted by Crippen LogP contribution is 2.30. The zero-order chi connectivity index (χ0) is 20.7. The monoisotopic (exact) mass is 419 g/mol. The Balaban J connectivity index is 1.67. The van der Waals surface area contributed by atoms with E-state index in [-0.39, 0.29) is 29.5 Å². The lowest BCUT2D eigenvalue weighted by molar-refractivity contribution is 0.181. The molecular weight excluding hydrogens is 404 g/mol. The maximum absolute atomic E-state index is 15.0. The number of hydrogen-bond acceptors (Lipinski definition) is 4. The number of nitrogens with one attached hydrogen (secondary N) is 2. The van der Waals surface area contributed by atoms with E-state index in [0.717, 1.165) is 6.07 Å². The molecular formula is C20H16ClF2N3O3. The average molecular weight is 420 g/mol. The third kappa shape index (κ3) is 3.51. The van der Waals surface area contributed by atoms with Crippen LogP contribution in [0.2, 0.25) is 5.02 Å². The number of aromatic nitrogens is 1. The number of H-pyrrole nitrogens is 1. The smallest absolute Gasteiger partial charge is 0.414 e. The molecule has 0 radical (unpaired) electrons. The highest BCUT2D eigenvalue weighted by molar-refractivity contribution is 6.31. The largest absolute Gasteiger partial charge is 0.447 e. The number of hydrogen-bond donors (Lipinski definition) is 2. The molecule has 1 aliphatic rings. The summed E-state index contributed by atoms with van der Waals surface area (Å²) in [6.07, 6.45) is -0.607. The minimum Gasteiger partial charge on any atom is -0.447 e. The lowest BCUT2D eigenvalue weighted by Gasteiger charge is -2.19. The van der Waals surface area contributed by atoms with Gasteiger partial charge in [-0.2, -0.15) is 0 Å². The highest BCUT2D eigenvalue weighted by Gasteiger charge is 2.27. The van der Waals surface area contributed by atoms with Crippen LogP contribution in [-0.4, -0.2) is 24.2 Å². The highest BCUT2D eigenvalue weighted by atomic mass is 35.5. The Bertz CT molecular complexity index is 1180. The van der Waals surface area contributed by atoms with Gasteiger partial charge in [-0.1, -0.05) is 17.7 Å². The van der Waals surface area contributed by atoms with Gasteiger partial charge in [0.25, 0.3) is 5.56 Å². The number of anilines is 2. The normalized spacial score (nSPS) is 14.9. The average Bonchev–Trinajstić information content (AvgIpc) is 3.10. The number of pyridine rings is 1. The van der Waals surface area contributed by atoms with Gasteiger partial charge < -0.3 is 15.0 Å². The van der Waals surface area contributed by atoms with E-state index in [4.69, 9.17) is 16.3 Å². The van der Waals surface area contributed by atoms with Crippen LogP contribution < -0.4 is 15.8 Å². The summed E-state index contributed by atoms with van der Waals surface area (Å²) in [5, 5.41) is 3.44. The van der Waals surface area contributed by atoms with Gasteiger partial charge in [0.15, 0.2) is 5.82 Å². The SMILES string of the molecule is CC(Nc1cccc(N2CCOC2=O)c1F)c1cc2cc(Cl)c(F)cc2[nH]c1=O. The number of cyclic esters (lactones) is 1. The predicted octanol–water partition coefficient (Wildman–Crippen LogP) is 4.59. The summed E-state index contributed by atoms with van der Waals surface area (Å²) < 4.78 is 33.4. The fourth-order valence-electron chi connectivity index (χ4n) is 3.30. The molecule has 29 heavy (non-hydrogen) atoms. The number of carbonyl (C=O) groups excluding carboxylic acids is 1. The van der Waals surface area contributed by atoms with Crippen LogP contribution in [0, 0.1) is 11.6 Å². The fourth-order valence-corrected chi connectivity index (χ4v) is 3.47. The summed E-state index contributed by atoms with van der Waals surface area (Å²) in [6.45, 7) is 2.15. The van der Waals surface area contributed by atoms with Crippen molar-refractivity contribution in [1.29, 1.82) is 0 Å². The Hall–Kier alpha value is -3.13. The van der Waals surface area contributed by atoms with Crippen molar-refractivity contribution in [3.63, 3.8) is 0 Å². The number of carbonyl (C=O) groups is 1. The summed E-state index contributed by atoms with van der Waals surface area (Å²) in [5.74, 6) is -1.26. The Morgan fingerprint density at radius 1 is 1.24 bits per heavy atom. The standard InChI is InChI=1S/C20H16ClF2N3O3/c1-10(12-7-11-8-13(21)14(22)9-16(11)25-19(12)27)24-15-3-2-4-17(18(15)23)26-5-6-29-20(26)28/h2-4,7-10,24H,5-6H2,1H3,(H,25,27). The van der Waals surface area contributed by atoms with E-state index >= 15 is 0 Å². The molecule has 2 N–H and O–H groups in total. The van der Waals surface area contributed by atoms with Crippen LogP contribution in [0.15, 0.2) is 41.2 Å². The molecule has 2 heterocycles. The van der Waals surface area contributed by atoms with Crippen LogP contribution in [0.4, 0.5) is 25.0 Å². The molecule has 0 aliphatic carbocycles. The third-order valence-electron chi connectivity index (χ3n) is 4.78. The molecule has 4 rings (SSSR count).